The van der Waals surface area contributed by atoms with Crippen LogP contribution in [0.1, 0.15) is 26.2 Å². The van der Waals surface area contributed by atoms with E-state index in [-0.39, 0.29) is 5.91 Å². The molecule has 1 atom stereocenters. The molecule has 1 unspecified atom stereocenters. The van der Waals surface area contributed by atoms with Crippen LogP contribution in [-0.4, -0.2) is 42.2 Å². The van der Waals surface area contributed by atoms with E-state index in [2.05, 4.69) is 24.4 Å². The van der Waals surface area contributed by atoms with E-state index >= 15 is 0 Å². The van der Waals surface area contributed by atoms with Crippen molar-refractivity contribution in [2.45, 2.75) is 37.1 Å². The summed E-state index contributed by atoms with van der Waals surface area (Å²) in [6.07, 6.45) is 3.73. The number of amides is 1. The molecule has 20 heavy (non-hydrogen) atoms. The quantitative estimate of drug-likeness (QED) is 0.818. The summed E-state index contributed by atoms with van der Waals surface area (Å²) in [4.78, 5) is 15.4. The fraction of sp³-hybridized carbons (Fsp3) is 0.562. The summed E-state index contributed by atoms with van der Waals surface area (Å²) in [6, 6.07) is 10.6. The van der Waals surface area contributed by atoms with Gasteiger partial charge in [-0.15, -0.1) is 11.8 Å². The zero-order valence-electron chi connectivity index (χ0n) is 12.2. The summed E-state index contributed by atoms with van der Waals surface area (Å²) in [5.41, 5.74) is 0. The monoisotopic (exact) mass is 292 g/mol. The van der Waals surface area contributed by atoms with Gasteiger partial charge in [-0.05, 0) is 38.4 Å². The minimum atomic E-state index is 0.244. The molecule has 1 aliphatic rings. The second kappa shape index (κ2) is 8.32. The Labute approximate surface area is 126 Å². The van der Waals surface area contributed by atoms with E-state index in [0.717, 1.165) is 24.5 Å². The fourth-order valence-electron chi connectivity index (χ4n) is 2.51. The van der Waals surface area contributed by atoms with E-state index in [1.807, 2.05) is 23.1 Å². The zero-order valence-corrected chi connectivity index (χ0v) is 13.0. The smallest absolute Gasteiger partial charge is 0.232 e. The number of nitrogens with zero attached hydrogens (tertiary/aromatic N) is 1. The number of thioether (sulfide) groups is 1. The molecular formula is C16H24N2OS. The Hall–Kier alpha value is -1.00. The summed E-state index contributed by atoms with van der Waals surface area (Å²) >= 11 is 1.62. The van der Waals surface area contributed by atoms with Crippen LogP contribution in [-0.2, 0) is 4.79 Å². The number of nitrogens with one attached hydrogen (secondary N) is 1. The molecule has 1 amide bonds. The average Bonchev–Trinajstić information content (AvgIpc) is 2.52. The van der Waals surface area contributed by atoms with Crippen molar-refractivity contribution in [1.29, 1.82) is 0 Å². The van der Waals surface area contributed by atoms with Crippen LogP contribution < -0.4 is 5.32 Å². The Bertz CT molecular complexity index is 404. The lowest BCUT2D eigenvalue weighted by atomic mass is 10.0. The molecule has 1 saturated heterocycles. The van der Waals surface area contributed by atoms with Crippen molar-refractivity contribution in [3.63, 3.8) is 0 Å². The van der Waals surface area contributed by atoms with E-state index in [1.54, 1.807) is 11.8 Å². The molecule has 0 bridgehead atoms. The van der Waals surface area contributed by atoms with Gasteiger partial charge in [-0.25, -0.2) is 0 Å². The Balaban J connectivity index is 1.79. The zero-order chi connectivity index (χ0) is 14.2. The molecule has 4 heteroatoms. The highest BCUT2D eigenvalue weighted by Crippen LogP contribution is 2.18. The highest BCUT2D eigenvalue weighted by Gasteiger charge is 2.19. The van der Waals surface area contributed by atoms with Crippen molar-refractivity contribution >= 4 is 17.7 Å². The maximum Gasteiger partial charge on any atom is 0.232 e. The summed E-state index contributed by atoms with van der Waals surface area (Å²) in [5, 5.41) is 3.51. The standard InChI is InChI=1S/C16H24N2OS/c1-2-18(12-14-8-6-7-11-17-14)16(19)13-20-15-9-4-3-5-10-15/h3-5,9-10,14,17H,2,6-8,11-13H2,1H3. The van der Waals surface area contributed by atoms with Crippen molar-refractivity contribution in [2.24, 2.45) is 0 Å². The maximum atomic E-state index is 12.3. The molecule has 0 spiro atoms. The molecule has 0 aromatic heterocycles. The first kappa shape index (κ1) is 15.4. The third kappa shape index (κ3) is 4.84. The maximum absolute atomic E-state index is 12.3. The highest BCUT2D eigenvalue weighted by atomic mass is 32.2. The number of hydrogen-bond acceptors (Lipinski definition) is 3. The van der Waals surface area contributed by atoms with E-state index in [9.17, 15) is 4.79 Å². The van der Waals surface area contributed by atoms with E-state index in [4.69, 9.17) is 0 Å². The van der Waals surface area contributed by atoms with Gasteiger partial charge in [-0.3, -0.25) is 4.79 Å². The van der Waals surface area contributed by atoms with Gasteiger partial charge in [0.05, 0.1) is 5.75 Å². The third-order valence-electron chi connectivity index (χ3n) is 3.69. The van der Waals surface area contributed by atoms with Gasteiger partial charge in [0.15, 0.2) is 0 Å². The molecular weight excluding hydrogens is 268 g/mol. The van der Waals surface area contributed by atoms with Gasteiger partial charge in [0, 0.05) is 24.0 Å². The van der Waals surface area contributed by atoms with Gasteiger partial charge < -0.3 is 10.2 Å². The molecule has 2 rings (SSSR count). The summed E-state index contributed by atoms with van der Waals surface area (Å²) < 4.78 is 0. The molecule has 1 aromatic carbocycles. The van der Waals surface area contributed by atoms with Crippen LogP contribution in [0, 0.1) is 0 Å². The fourth-order valence-corrected chi connectivity index (χ4v) is 3.33. The van der Waals surface area contributed by atoms with Gasteiger partial charge in [-0.2, -0.15) is 0 Å². The van der Waals surface area contributed by atoms with Crippen LogP contribution in [0.3, 0.4) is 0 Å². The van der Waals surface area contributed by atoms with E-state index < -0.39 is 0 Å². The Kier molecular flexibility index (Phi) is 6.40. The van der Waals surface area contributed by atoms with Crippen LogP contribution in [0.5, 0.6) is 0 Å². The van der Waals surface area contributed by atoms with Crippen molar-refractivity contribution in [3.8, 4) is 0 Å². The molecule has 1 aliphatic heterocycles. The van der Waals surface area contributed by atoms with Gasteiger partial charge in [0.2, 0.25) is 5.91 Å². The van der Waals surface area contributed by atoms with Gasteiger partial charge >= 0.3 is 0 Å². The minimum Gasteiger partial charge on any atom is -0.341 e. The second-order valence-corrected chi connectivity index (χ2v) is 6.23. The van der Waals surface area contributed by atoms with Crippen molar-refractivity contribution in [2.75, 3.05) is 25.4 Å². The topological polar surface area (TPSA) is 32.3 Å². The van der Waals surface area contributed by atoms with E-state index in [1.165, 1.54) is 19.3 Å². The highest BCUT2D eigenvalue weighted by molar-refractivity contribution is 8.00. The van der Waals surface area contributed by atoms with Crippen LogP contribution in [0.4, 0.5) is 0 Å². The molecule has 1 N–H and O–H groups in total. The van der Waals surface area contributed by atoms with Crippen molar-refractivity contribution in [3.05, 3.63) is 30.3 Å². The lowest BCUT2D eigenvalue weighted by molar-refractivity contribution is -0.128. The van der Waals surface area contributed by atoms with Gasteiger partial charge in [0.25, 0.3) is 0 Å². The Morgan fingerprint density at radius 3 is 2.80 bits per heavy atom. The molecule has 1 aromatic rings. The van der Waals surface area contributed by atoms with Crippen molar-refractivity contribution in [1.82, 2.24) is 10.2 Å². The first-order valence-corrected chi connectivity index (χ1v) is 8.47. The van der Waals surface area contributed by atoms with Gasteiger partial charge in [-0.1, -0.05) is 24.6 Å². The van der Waals surface area contributed by atoms with Crippen LogP contribution in [0.25, 0.3) is 0 Å². The number of carbonyl (C=O) groups excluding carboxylic acids is 1. The number of hydrogen-bond donors (Lipinski definition) is 1. The SMILES string of the molecule is CCN(CC1CCCCN1)C(=O)CSc1ccccc1. The molecule has 110 valence electrons. The summed E-state index contributed by atoms with van der Waals surface area (Å²) in [5.74, 6) is 0.777. The largest absolute Gasteiger partial charge is 0.341 e. The molecule has 1 heterocycles. The number of rotatable bonds is 6. The summed E-state index contributed by atoms with van der Waals surface area (Å²) in [6.45, 7) is 4.81. The lowest BCUT2D eigenvalue weighted by Crippen LogP contribution is -2.46. The van der Waals surface area contributed by atoms with Gasteiger partial charge in [0.1, 0.15) is 0 Å². The molecule has 1 fully saturated rings. The average molecular weight is 292 g/mol. The number of carbonyl (C=O) groups is 1. The lowest BCUT2D eigenvalue weighted by Gasteiger charge is -2.30. The van der Waals surface area contributed by atoms with Crippen molar-refractivity contribution < 1.29 is 4.79 Å². The normalized spacial score (nSPS) is 18.8. The molecule has 0 aliphatic carbocycles. The predicted molar refractivity (Wildman–Crippen MR) is 85.1 cm³/mol. The minimum absolute atomic E-state index is 0.244. The Morgan fingerprint density at radius 1 is 1.35 bits per heavy atom. The number of likely N-dealkylation sites (N-methyl/N-ethyl adjacent to an activating group) is 1. The molecule has 0 saturated carbocycles. The first-order valence-electron chi connectivity index (χ1n) is 7.48. The molecule has 3 nitrogen and oxygen atoms in total. The second-order valence-electron chi connectivity index (χ2n) is 5.18. The third-order valence-corrected chi connectivity index (χ3v) is 4.69. The van der Waals surface area contributed by atoms with Crippen LogP contribution in [0.15, 0.2) is 35.2 Å². The van der Waals surface area contributed by atoms with Crippen LogP contribution >= 0.6 is 11.8 Å². The Morgan fingerprint density at radius 2 is 2.15 bits per heavy atom. The van der Waals surface area contributed by atoms with Crippen LogP contribution in [0.2, 0.25) is 0 Å². The summed E-state index contributed by atoms with van der Waals surface area (Å²) in [7, 11) is 0. The number of piperidine rings is 1. The first-order chi connectivity index (χ1) is 9.79. The molecule has 0 radical (unpaired) electrons. The van der Waals surface area contributed by atoms with E-state index in [0.29, 0.717) is 11.8 Å². The predicted octanol–water partition coefficient (Wildman–Crippen LogP) is 2.77. The number of benzene rings is 1.